The van der Waals surface area contributed by atoms with Gasteiger partial charge in [0.25, 0.3) is 0 Å². The maximum Gasteiger partial charge on any atom is 0.0947 e. The third-order valence-corrected chi connectivity index (χ3v) is 2.62. The highest BCUT2D eigenvalue weighted by Gasteiger charge is 1.95. The van der Waals surface area contributed by atoms with Crippen molar-refractivity contribution in [1.82, 2.24) is 5.32 Å². The van der Waals surface area contributed by atoms with Crippen molar-refractivity contribution < 1.29 is 4.42 Å². The van der Waals surface area contributed by atoms with E-state index >= 15 is 0 Å². The third kappa shape index (κ3) is 3.24. The normalized spacial score (nSPS) is 10.6. The van der Waals surface area contributed by atoms with Crippen molar-refractivity contribution in [3.8, 4) is 0 Å². The lowest BCUT2D eigenvalue weighted by Gasteiger charge is -2.03. The van der Waals surface area contributed by atoms with Crippen molar-refractivity contribution in [2.24, 2.45) is 0 Å². The molecule has 0 saturated carbocycles. The topological polar surface area (TPSA) is 25.2 Å². The molecular formula is C14H17NO. The van der Waals surface area contributed by atoms with Crippen LogP contribution < -0.4 is 5.32 Å². The van der Waals surface area contributed by atoms with Gasteiger partial charge in [-0.15, -0.1) is 0 Å². The van der Waals surface area contributed by atoms with Crippen LogP contribution in [0.1, 0.15) is 16.7 Å². The second-order valence-electron chi connectivity index (χ2n) is 4.04. The van der Waals surface area contributed by atoms with Gasteiger partial charge in [0.15, 0.2) is 0 Å². The molecular weight excluding hydrogens is 198 g/mol. The standard InChI is InChI=1S/C14H17NO/c1-12-2-4-13(5-3-12)6-8-15-10-14-7-9-16-11-14/h2-5,7,9,11,15H,6,8,10H2,1H3. The van der Waals surface area contributed by atoms with Gasteiger partial charge in [0.2, 0.25) is 0 Å². The number of furan rings is 1. The quantitative estimate of drug-likeness (QED) is 0.776. The number of aryl methyl sites for hydroxylation is 1. The lowest BCUT2D eigenvalue weighted by atomic mass is 10.1. The Morgan fingerprint density at radius 3 is 2.56 bits per heavy atom. The summed E-state index contributed by atoms with van der Waals surface area (Å²) in [5.41, 5.74) is 3.89. The first-order valence-corrected chi connectivity index (χ1v) is 5.62. The van der Waals surface area contributed by atoms with Crippen LogP contribution in [0.2, 0.25) is 0 Å². The lowest BCUT2D eigenvalue weighted by Crippen LogP contribution is -2.16. The second kappa shape index (κ2) is 5.52. The molecule has 0 radical (unpaired) electrons. The molecule has 0 aliphatic heterocycles. The molecule has 1 heterocycles. The molecule has 0 fully saturated rings. The maximum absolute atomic E-state index is 5.00. The van der Waals surface area contributed by atoms with E-state index in [1.165, 1.54) is 16.7 Å². The predicted octanol–water partition coefficient (Wildman–Crippen LogP) is 2.92. The Hall–Kier alpha value is -1.54. The van der Waals surface area contributed by atoms with E-state index in [9.17, 15) is 0 Å². The number of hydrogen-bond donors (Lipinski definition) is 1. The number of benzene rings is 1. The van der Waals surface area contributed by atoms with Crippen molar-refractivity contribution >= 4 is 0 Å². The third-order valence-electron chi connectivity index (χ3n) is 2.62. The Kier molecular flexibility index (Phi) is 3.78. The van der Waals surface area contributed by atoms with E-state index in [4.69, 9.17) is 4.42 Å². The van der Waals surface area contributed by atoms with Gasteiger partial charge in [0, 0.05) is 12.1 Å². The van der Waals surface area contributed by atoms with Gasteiger partial charge in [-0.1, -0.05) is 29.8 Å². The van der Waals surface area contributed by atoms with Crippen LogP contribution in [0, 0.1) is 6.92 Å². The molecule has 2 aromatic rings. The largest absolute Gasteiger partial charge is 0.472 e. The maximum atomic E-state index is 5.00. The highest BCUT2D eigenvalue weighted by atomic mass is 16.3. The molecule has 2 nitrogen and oxygen atoms in total. The van der Waals surface area contributed by atoms with Crippen LogP contribution in [-0.2, 0) is 13.0 Å². The van der Waals surface area contributed by atoms with Gasteiger partial charge in [-0.25, -0.2) is 0 Å². The highest BCUT2D eigenvalue weighted by molar-refractivity contribution is 5.21. The summed E-state index contributed by atoms with van der Waals surface area (Å²) in [6.07, 6.45) is 4.55. The average Bonchev–Trinajstić information content (AvgIpc) is 2.80. The zero-order valence-electron chi connectivity index (χ0n) is 9.57. The van der Waals surface area contributed by atoms with E-state index in [0.29, 0.717) is 0 Å². The monoisotopic (exact) mass is 215 g/mol. The first-order chi connectivity index (χ1) is 7.84. The Morgan fingerprint density at radius 1 is 1.06 bits per heavy atom. The zero-order valence-corrected chi connectivity index (χ0v) is 9.57. The minimum Gasteiger partial charge on any atom is -0.472 e. The lowest BCUT2D eigenvalue weighted by molar-refractivity contribution is 0.560. The van der Waals surface area contributed by atoms with Crippen LogP contribution in [-0.4, -0.2) is 6.54 Å². The molecule has 2 rings (SSSR count). The van der Waals surface area contributed by atoms with Crippen LogP contribution >= 0.6 is 0 Å². The first-order valence-electron chi connectivity index (χ1n) is 5.62. The predicted molar refractivity (Wildman–Crippen MR) is 65.3 cm³/mol. The number of rotatable bonds is 5. The van der Waals surface area contributed by atoms with E-state index < -0.39 is 0 Å². The van der Waals surface area contributed by atoms with E-state index in [1.807, 2.05) is 6.07 Å². The summed E-state index contributed by atoms with van der Waals surface area (Å²) in [7, 11) is 0. The van der Waals surface area contributed by atoms with Crippen molar-refractivity contribution in [2.75, 3.05) is 6.54 Å². The summed E-state index contributed by atoms with van der Waals surface area (Å²) in [6, 6.07) is 10.7. The Morgan fingerprint density at radius 2 is 1.88 bits per heavy atom. The van der Waals surface area contributed by atoms with Crippen molar-refractivity contribution in [1.29, 1.82) is 0 Å². The molecule has 0 aliphatic carbocycles. The van der Waals surface area contributed by atoms with Gasteiger partial charge in [0.1, 0.15) is 0 Å². The zero-order chi connectivity index (χ0) is 11.2. The summed E-state index contributed by atoms with van der Waals surface area (Å²) in [5.74, 6) is 0. The average molecular weight is 215 g/mol. The van der Waals surface area contributed by atoms with Gasteiger partial charge in [-0.3, -0.25) is 0 Å². The van der Waals surface area contributed by atoms with Gasteiger partial charge in [-0.05, 0) is 31.5 Å². The van der Waals surface area contributed by atoms with Gasteiger partial charge < -0.3 is 9.73 Å². The summed E-state index contributed by atoms with van der Waals surface area (Å²) in [6.45, 7) is 3.98. The van der Waals surface area contributed by atoms with E-state index in [-0.39, 0.29) is 0 Å². The molecule has 0 aliphatic rings. The molecule has 84 valence electrons. The van der Waals surface area contributed by atoms with Gasteiger partial charge >= 0.3 is 0 Å². The van der Waals surface area contributed by atoms with Crippen molar-refractivity contribution in [3.05, 3.63) is 59.5 Å². The fraction of sp³-hybridized carbons (Fsp3) is 0.286. The molecule has 1 aromatic heterocycles. The summed E-state index contributed by atoms with van der Waals surface area (Å²) >= 11 is 0. The number of nitrogens with one attached hydrogen (secondary N) is 1. The highest BCUT2D eigenvalue weighted by Crippen LogP contribution is 2.03. The SMILES string of the molecule is Cc1ccc(CCNCc2ccoc2)cc1. The second-order valence-corrected chi connectivity index (χ2v) is 4.04. The summed E-state index contributed by atoms with van der Waals surface area (Å²) in [5, 5.41) is 3.39. The number of hydrogen-bond acceptors (Lipinski definition) is 2. The minimum atomic E-state index is 0.877. The molecule has 1 aromatic carbocycles. The van der Waals surface area contributed by atoms with E-state index in [1.54, 1.807) is 12.5 Å². The van der Waals surface area contributed by atoms with Crippen LogP contribution in [0.15, 0.2) is 47.3 Å². The van der Waals surface area contributed by atoms with Crippen molar-refractivity contribution in [2.45, 2.75) is 19.9 Å². The summed E-state index contributed by atoms with van der Waals surface area (Å²) < 4.78 is 5.00. The molecule has 0 saturated heterocycles. The minimum absolute atomic E-state index is 0.877. The molecule has 0 amide bonds. The fourth-order valence-electron chi connectivity index (χ4n) is 1.61. The molecule has 0 atom stereocenters. The van der Waals surface area contributed by atoms with Gasteiger partial charge in [0.05, 0.1) is 12.5 Å². The van der Waals surface area contributed by atoms with Crippen LogP contribution in [0.4, 0.5) is 0 Å². The Balaban J connectivity index is 1.70. The van der Waals surface area contributed by atoms with Crippen molar-refractivity contribution in [3.63, 3.8) is 0 Å². The van der Waals surface area contributed by atoms with E-state index in [0.717, 1.165) is 19.5 Å². The molecule has 0 spiro atoms. The fourth-order valence-corrected chi connectivity index (χ4v) is 1.61. The van der Waals surface area contributed by atoms with Gasteiger partial charge in [-0.2, -0.15) is 0 Å². The molecule has 0 unspecified atom stereocenters. The smallest absolute Gasteiger partial charge is 0.0947 e. The Labute approximate surface area is 96.3 Å². The molecule has 16 heavy (non-hydrogen) atoms. The van der Waals surface area contributed by atoms with Crippen LogP contribution in [0.3, 0.4) is 0 Å². The Bertz CT molecular complexity index is 403. The molecule has 1 N–H and O–H groups in total. The summed E-state index contributed by atoms with van der Waals surface area (Å²) in [4.78, 5) is 0. The first kappa shape index (κ1) is 11.0. The molecule has 0 bridgehead atoms. The van der Waals surface area contributed by atoms with E-state index in [2.05, 4.69) is 36.5 Å². The van der Waals surface area contributed by atoms with Crippen LogP contribution in [0.5, 0.6) is 0 Å². The molecule has 2 heteroatoms. The van der Waals surface area contributed by atoms with Crippen LogP contribution in [0.25, 0.3) is 0 Å².